The van der Waals surface area contributed by atoms with Crippen LogP contribution in [0.2, 0.25) is 0 Å². The second-order valence-corrected chi connectivity index (χ2v) is 29.7. The number of benzene rings is 15. The molecule has 1 unspecified atom stereocenters. The van der Waals surface area contributed by atoms with Gasteiger partial charge in [0.25, 0.3) is 0 Å². The van der Waals surface area contributed by atoms with Crippen LogP contribution in [0.1, 0.15) is 69.5 Å². The lowest BCUT2D eigenvalue weighted by Crippen LogP contribution is -2.32. The third-order valence-electron chi connectivity index (χ3n) is 23.7. The predicted octanol–water partition coefficient (Wildman–Crippen LogP) is 25.5. The molecule has 109 heavy (non-hydrogen) atoms. The van der Waals surface area contributed by atoms with Gasteiger partial charge in [0, 0.05) is 72.2 Å². The van der Waals surface area contributed by atoms with Crippen molar-refractivity contribution in [2.75, 3.05) is 0 Å². The molecule has 1 atom stereocenters. The van der Waals surface area contributed by atoms with Crippen molar-refractivity contribution in [1.82, 2.24) is 19.9 Å². The first-order valence-corrected chi connectivity index (χ1v) is 37.5. The van der Waals surface area contributed by atoms with Crippen LogP contribution in [-0.4, -0.2) is 19.9 Å². The molecule has 15 aromatic carbocycles. The highest BCUT2D eigenvalue weighted by atomic mass is 16.5. The lowest BCUT2D eigenvalue weighted by atomic mass is 9.65. The van der Waals surface area contributed by atoms with Gasteiger partial charge in [-0.05, 0) is 125 Å². The van der Waals surface area contributed by atoms with Crippen LogP contribution in [0.5, 0.6) is 23.0 Å². The van der Waals surface area contributed by atoms with Gasteiger partial charge < -0.3 is 9.47 Å². The largest absolute Gasteiger partial charge is 0.456 e. The number of hydrogen-bond donors (Lipinski definition) is 0. The molecule has 0 radical (unpaired) electrons. The molecule has 22 rings (SSSR count). The van der Waals surface area contributed by atoms with E-state index in [9.17, 15) is 0 Å². The molecule has 3 aliphatic carbocycles. The number of para-hydroxylation sites is 4. The van der Waals surface area contributed by atoms with Crippen molar-refractivity contribution in [2.24, 2.45) is 0 Å². The predicted molar refractivity (Wildman–Crippen MR) is 439 cm³/mol. The van der Waals surface area contributed by atoms with E-state index in [1.54, 1.807) is 0 Å². The molecule has 0 saturated carbocycles. The second-order valence-electron chi connectivity index (χ2n) is 29.7. The average Bonchev–Trinajstić information content (AvgIpc) is 1.54. The maximum Gasteiger partial charge on any atom is 0.160 e. The summed E-state index contributed by atoms with van der Waals surface area (Å²) in [5, 5.41) is 0. The molecule has 6 nitrogen and oxygen atoms in total. The van der Waals surface area contributed by atoms with Crippen LogP contribution in [0.3, 0.4) is 0 Å². The third kappa shape index (κ3) is 9.22. The molecule has 2 spiro atoms. The summed E-state index contributed by atoms with van der Waals surface area (Å²) in [5.41, 5.74) is 33.6. The molecule has 0 amide bonds. The van der Waals surface area contributed by atoms with E-state index in [0.717, 1.165) is 124 Å². The number of fused-ring (bicyclic) bond motifs is 21. The van der Waals surface area contributed by atoms with Gasteiger partial charge in [-0.3, -0.25) is 0 Å². The van der Waals surface area contributed by atoms with E-state index in [1.165, 1.54) is 77.9 Å². The first-order valence-electron chi connectivity index (χ1n) is 37.5. The fourth-order valence-electron chi connectivity index (χ4n) is 18.9. The fourth-order valence-corrected chi connectivity index (χ4v) is 18.9. The lowest BCUT2D eigenvalue weighted by Gasteiger charge is -2.40. The Morgan fingerprint density at radius 2 is 0.532 bits per heavy atom. The van der Waals surface area contributed by atoms with Crippen molar-refractivity contribution in [3.63, 3.8) is 0 Å². The van der Waals surface area contributed by atoms with Gasteiger partial charge in [0.2, 0.25) is 0 Å². The molecule has 0 bridgehead atoms. The van der Waals surface area contributed by atoms with Crippen LogP contribution >= 0.6 is 0 Å². The zero-order valence-electron chi connectivity index (χ0n) is 59.7. The molecule has 17 aromatic rings. The van der Waals surface area contributed by atoms with Gasteiger partial charge in [0.1, 0.15) is 23.0 Å². The van der Waals surface area contributed by atoms with Crippen LogP contribution in [0, 0.1) is 0 Å². The summed E-state index contributed by atoms with van der Waals surface area (Å²) in [5.74, 6) is 4.74. The number of rotatable bonds is 9. The van der Waals surface area contributed by atoms with Crippen molar-refractivity contribution in [1.29, 1.82) is 0 Å². The fraction of sp³-hybridized carbons (Fsp3) is 0.0485. The topological polar surface area (TPSA) is 70.0 Å². The van der Waals surface area contributed by atoms with Crippen molar-refractivity contribution < 1.29 is 9.47 Å². The first-order chi connectivity index (χ1) is 53.8. The SMILES string of the molecule is CC1(C)c2cc(-c3cc(-c4ccc(-c5cccc6c5Oc5ccccc5C65c6ccccc6-c6ccccc65)cc4)nc(-c4ccccc4)n3)ccc2-c2c(-c3cccc4c3-c3ccccc3C43c4ccccc4Oc4c(-c5cccc(-c6cc(-c7ccccc7)nc(-c7ccccc7)n6)c5)cccc43)cccc21. The van der Waals surface area contributed by atoms with Crippen molar-refractivity contribution >= 4 is 0 Å². The van der Waals surface area contributed by atoms with Gasteiger partial charge in [-0.1, -0.05) is 341 Å². The van der Waals surface area contributed by atoms with E-state index >= 15 is 0 Å². The Balaban J connectivity index is 0.644. The van der Waals surface area contributed by atoms with E-state index < -0.39 is 10.8 Å². The lowest BCUT2D eigenvalue weighted by molar-refractivity contribution is 0.438. The normalized spacial score (nSPS) is 14.8. The molecule has 5 aliphatic rings. The minimum Gasteiger partial charge on any atom is -0.456 e. The smallest absolute Gasteiger partial charge is 0.160 e. The molecule has 4 heterocycles. The van der Waals surface area contributed by atoms with Gasteiger partial charge in [0.05, 0.1) is 33.6 Å². The molecule has 0 saturated heterocycles. The monoisotopic (exact) mass is 1390 g/mol. The molecular formula is C103H66N4O2. The summed E-state index contributed by atoms with van der Waals surface area (Å²) in [4.78, 5) is 21.2. The Kier molecular flexibility index (Phi) is 13.8. The van der Waals surface area contributed by atoms with E-state index in [1.807, 2.05) is 30.3 Å². The minimum atomic E-state index is -0.743. The van der Waals surface area contributed by atoms with Crippen LogP contribution in [0.15, 0.2) is 364 Å². The number of ether oxygens (including phenoxy) is 2. The molecular weight excluding hydrogens is 1330 g/mol. The number of aromatic nitrogens is 4. The van der Waals surface area contributed by atoms with Crippen molar-refractivity contribution in [3.05, 3.63) is 420 Å². The number of nitrogens with zero attached hydrogens (tertiary/aromatic N) is 4. The molecule has 0 N–H and O–H groups in total. The Bertz CT molecular complexity index is 6540. The molecule has 6 heteroatoms. The zero-order valence-corrected chi connectivity index (χ0v) is 59.7. The quantitative estimate of drug-likeness (QED) is 0.143. The molecule has 2 aromatic heterocycles. The van der Waals surface area contributed by atoms with Crippen LogP contribution in [-0.2, 0) is 16.2 Å². The Morgan fingerprint density at radius 1 is 0.202 bits per heavy atom. The molecule has 0 fully saturated rings. The van der Waals surface area contributed by atoms with E-state index in [2.05, 4.69) is 347 Å². The Morgan fingerprint density at radius 3 is 1.08 bits per heavy atom. The van der Waals surface area contributed by atoms with E-state index in [-0.39, 0.29) is 5.41 Å². The standard InChI is InChI=1S/C103H66N4O2/c1-101(2)84-47-25-40-75(76-41-26-48-85-96(76)77-37-14-17-44-81(77)103(85)83-46-19-21-52-94(83)109-98-72(39-24-50-87(98)103)68-33-22-34-69(59-68)91-61-89(64-27-6-3-7-28-64)104-99(106-91)66-29-8-4-9-30-66)95(84)78-58-57-70(60-88(78)101)92-62-90(105-100(107-92)67-31-10-5-11-32-67)65-55-53-63(54-56-65)71-38-23-49-86-97(71)108-93-51-20-18-45-82(93)102(86)79-42-15-12-35-73(79)74-36-13-16-43-80(74)102/h3-62H,1-2H3. The zero-order chi connectivity index (χ0) is 72.1. The summed E-state index contributed by atoms with van der Waals surface area (Å²) in [6.45, 7) is 4.76. The summed E-state index contributed by atoms with van der Waals surface area (Å²) >= 11 is 0. The highest BCUT2D eigenvalue weighted by Gasteiger charge is 2.54. The Hall–Kier alpha value is -13.9. The van der Waals surface area contributed by atoms with Crippen LogP contribution in [0.25, 0.3) is 135 Å². The van der Waals surface area contributed by atoms with Crippen molar-refractivity contribution in [3.8, 4) is 158 Å². The molecule has 510 valence electrons. The van der Waals surface area contributed by atoms with Gasteiger partial charge in [-0.2, -0.15) is 0 Å². The molecule has 2 aliphatic heterocycles. The highest BCUT2D eigenvalue weighted by molar-refractivity contribution is 6.03. The van der Waals surface area contributed by atoms with Gasteiger partial charge in [0.15, 0.2) is 11.6 Å². The van der Waals surface area contributed by atoms with E-state index in [4.69, 9.17) is 29.4 Å². The maximum atomic E-state index is 7.35. The van der Waals surface area contributed by atoms with E-state index in [0.29, 0.717) is 11.6 Å². The number of hydrogen-bond acceptors (Lipinski definition) is 6. The van der Waals surface area contributed by atoms with Crippen LogP contribution < -0.4 is 9.47 Å². The summed E-state index contributed by atoms with van der Waals surface area (Å²) < 4.78 is 14.5. The first kappa shape index (κ1) is 62.4. The second kappa shape index (κ2) is 24.0. The highest BCUT2D eigenvalue weighted by Crippen LogP contribution is 2.67. The van der Waals surface area contributed by atoms with Gasteiger partial charge in [-0.25, -0.2) is 19.9 Å². The summed E-state index contributed by atoms with van der Waals surface area (Å²) in [6, 6.07) is 131. The maximum absolute atomic E-state index is 7.35. The average molecular weight is 1390 g/mol. The third-order valence-corrected chi connectivity index (χ3v) is 23.7. The summed E-state index contributed by atoms with van der Waals surface area (Å²) in [6.07, 6.45) is 0. The minimum absolute atomic E-state index is 0.373. The van der Waals surface area contributed by atoms with Gasteiger partial charge >= 0.3 is 0 Å². The Labute approximate surface area is 632 Å². The van der Waals surface area contributed by atoms with Gasteiger partial charge in [-0.15, -0.1) is 0 Å². The van der Waals surface area contributed by atoms with Crippen LogP contribution in [0.4, 0.5) is 0 Å². The summed E-state index contributed by atoms with van der Waals surface area (Å²) in [7, 11) is 0. The van der Waals surface area contributed by atoms with Crippen molar-refractivity contribution in [2.45, 2.75) is 30.1 Å².